The fourth-order valence-corrected chi connectivity index (χ4v) is 3.85. The van der Waals surface area contributed by atoms with E-state index in [9.17, 15) is 9.59 Å². The first-order valence-corrected chi connectivity index (χ1v) is 8.37. The van der Waals surface area contributed by atoms with E-state index in [1.807, 2.05) is 36.9 Å². The van der Waals surface area contributed by atoms with Gasteiger partial charge in [-0.25, -0.2) is 0 Å². The number of H-pyrrole nitrogens is 1. The second-order valence-corrected chi connectivity index (χ2v) is 7.43. The first kappa shape index (κ1) is 15.7. The molecule has 1 N–H and O–H groups in total. The van der Waals surface area contributed by atoms with Crippen LogP contribution in [-0.4, -0.2) is 57.0 Å². The molecule has 2 aromatic rings. The van der Waals surface area contributed by atoms with Gasteiger partial charge in [-0.05, 0) is 32.0 Å². The highest BCUT2D eigenvalue weighted by molar-refractivity contribution is 7.17. The summed E-state index contributed by atoms with van der Waals surface area (Å²) < 4.78 is 0. The molecule has 0 bridgehead atoms. The minimum atomic E-state index is -0.376. The van der Waals surface area contributed by atoms with Crippen molar-refractivity contribution in [1.82, 2.24) is 20.0 Å². The molecule has 3 rings (SSSR count). The summed E-state index contributed by atoms with van der Waals surface area (Å²) in [6.07, 6.45) is 1.70. The summed E-state index contributed by atoms with van der Waals surface area (Å²) in [5.74, 6) is 0.0804. The molecule has 2 amide bonds. The molecule has 0 unspecified atom stereocenters. The Balaban J connectivity index is 1.79. The van der Waals surface area contributed by atoms with Crippen molar-refractivity contribution in [3.05, 3.63) is 29.3 Å². The van der Waals surface area contributed by atoms with Crippen LogP contribution in [-0.2, 0) is 4.79 Å². The van der Waals surface area contributed by atoms with Crippen molar-refractivity contribution in [2.45, 2.75) is 26.3 Å². The lowest BCUT2D eigenvalue weighted by molar-refractivity contribution is -0.132. The second-order valence-electron chi connectivity index (χ2n) is 6.34. The molecule has 1 aliphatic heterocycles. The van der Waals surface area contributed by atoms with Crippen molar-refractivity contribution in [1.29, 1.82) is 0 Å². The molecule has 2 aromatic heterocycles. The second kappa shape index (κ2) is 5.81. The maximum Gasteiger partial charge on any atom is 0.264 e. The first-order valence-electron chi connectivity index (χ1n) is 7.55. The van der Waals surface area contributed by atoms with Gasteiger partial charge in [-0.3, -0.25) is 14.7 Å². The number of nitrogens with one attached hydrogen (secondary N) is 1. The third-order valence-electron chi connectivity index (χ3n) is 4.18. The number of piperazine rings is 1. The number of amides is 2. The molecule has 122 valence electrons. The quantitative estimate of drug-likeness (QED) is 0.917. The molecule has 1 fully saturated rings. The van der Waals surface area contributed by atoms with Crippen molar-refractivity contribution in [2.75, 3.05) is 19.6 Å². The topological polar surface area (TPSA) is 69.3 Å². The SMILES string of the molecule is CC(=O)N1CCN(C(=O)c2ccc(-c3ccn[nH]3)s2)C(C)(C)C1. The zero-order chi connectivity index (χ0) is 16.6. The summed E-state index contributed by atoms with van der Waals surface area (Å²) in [5, 5.41) is 6.85. The maximum atomic E-state index is 12.9. The van der Waals surface area contributed by atoms with E-state index >= 15 is 0 Å². The lowest BCUT2D eigenvalue weighted by Crippen LogP contribution is -2.61. The van der Waals surface area contributed by atoms with Crippen LogP contribution >= 0.6 is 11.3 Å². The fourth-order valence-electron chi connectivity index (χ4n) is 2.92. The summed E-state index contributed by atoms with van der Waals surface area (Å²) in [5.41, 5.74) is 0.536. The Labute approximate surface area is 139 Å². The number of hydrogen-bond donors (Lipinski definition) is 1. The van der Waals surface area contributed by atoms with Crippen LogP contribution in [0.5, 0.6) is 0 Å². The number of carbonyl (C=O) groups is 2. The van der Waals surface area contributed by atoms with E-state index < -0.39 is 0 Å². The number of thiophene rings is 1. The summed E-state index contributed by atoms with van der Waals surface area (Å²) >= 11 is 1.46. The van der Waals surface area contributed by atoms with Crippen LogP contribution in [0.15, 0.2) is 24.4 Å². The summed E-state index contributed by atoms with van der Waals surface area (Å²) in [7, 11) is 0. The first-order chi connectivity index (χ1) is 10.9. The Bertz CT molecular complexity index is 720. The van der Waals surface area contributed by atoms with Crippen molar-refractivity contribution < 1.29 is 9.59 Å². The number of nitrogens with zero attached hydrogens (tertiary/aromatic N) is 3. The Morgan fingerprint density at radius 3 is 2.65 bits per heavy atom. The van der Waals surface area contributed by atoms with Crippen molar-refractivity contribution >= 4 is 23.2 Å². The van der Waals surface area contributed by atoms with Gasteiger partial charge < -0.3 is 9.80 Å². The fraction of sp³-hybridized carbons (Fsp3) is 0.438. The van der Waals surface area contributed by atoms with E-state index in [0.717, 1.165) is 10.6 Å². The molecule has 0 aromatic carbocycles. The Hall–Kier alpha value is -2.15. The normalized spacial score (nSPS) is 17.3. The smallest absolute Gasteiger partial charge is 0.264 e. The average molecular weight is 332 g/mol. The molecular weight excluding hydrogens is 312 g/mol. The van der Waals surface area contributed by atoms with E-state index in [4.69, 9.17) is 0 Å². The van der Waals surface area contributed by atoms with Gasteiger partial charge in [-0.15, -0.1) is 11.3 Å². The summed E-state index contributed by atoms with van der Waals surface area (Å²) in [4.78, 5) is 29.8. The lowest BCUT2D eigenvalue weighted by Gasteiger charge is -2.46. The van der Waals surface area contributed by atoms with Gasteiger partial charge in [0.2, 0.25) is 5.91 Å². The highest BCUT2D eigenvalue weighted by Gasteiger charge is 2.38. The van der Waals surface area contributed by atoms with Gasteiger partial charge in [-0.1, -0.05) is 0 Å². The van der Waals surface area contributed by atoms with Crippen LogP contribution in [0.2, 0.25) is 0 Å². The highest BCUT2D eigenvalue weighted by Crippen LogP contribution is 2.30. The van der Waals surface area contributed by atoms with Gasteiger partial charge in [0.1, 0.15) is 0 Å². The number of carbonyl (C=O) groups excluding carboxylic acids is 2. The zero-order valence-electron chi connectivity index (χ0n) is 13.5. The van der Waals surface area contributed by atoms with Gasteiger partial charge in [-0.2, -0.15) is 5.10 Å². The van der Waals surface area contributed by atoms with E-state index in [0.29, 0.717) is 24.5 Å². The van der Waals surface area contributed by atoms with E-state index in [-0.39, 0.29) is 17.4 Å². The minimum absolute atomic E-state index is 0.0222. The van der Waals surface area contributed by atoms with Crippen LogP contribution < -0.4 is 0 Å². The Morgan fingerprint density at radius 2 is 2.04 bits per heavy atom. The molecule has 0 saturated carbocycles. The monoisotopic (exact) mass is 332 g/mol. The van der Waals surface area contributed by atoms with Crippen molar-refractivity contribution in [2.24, 2.45) is 0 Å². The number of rotatable bonds is 2. The number of aromatic amines is 1. The summed E-state index contributed by atoms with van der Waals surface area (Å²) in [6.45, 7) is 7.29. The molecule has 6 nitrogen and oxygen atoms in total. The van der Waals surface area contributed by atoms with Crippen LogP contribution in [0.3, 0.4) is 0 Å². The third-order valence-corrected chi connectivity index (χ3v) is 5.28. The predicted molar refractivity (Wildman–Crippen MR) is 89.3 cm³/mol. The number of hydrogen-bond acceptors (Lipinski definition) is 4. The molecule has 23 heavy (non-hydrogen) atoms. The molecule has 0 radical (unpaired) electrons. The highest BCUT2D eigenvalue weighted by atomic mass is 32.1. The lowest BCUT2D eigenvalue weighted by atomic mass is 9.98. The zero-order valence-corrected chi connectivity index (χ0v) is 14.3. The summed E-state index contributed by atoms with van der Waals surface area (Å²) in [6, 6.07) is 5.68. The standard InChI is InChI=1S/C16H20N4O2S/c1-11(21)19-8-9-20(16(2,3)10-19)15(22)14-5-4-13(23-14)12-6-7-17-18-12/h4-7H,8-10H2,1-3H3,(H,17,18). The van der Waals surface area contributed by atoms with E-state index in [2.05, 4.69) is 10.2 Å². The largest absolute Gasteiger partial charge is 0.339 e. The van der Waals surface area contributed by atoms with Crippen LogP contribution in [0, 0.1) is 0 Å². The molecule has 0 spiro atoms. The van der Waals surface area contributed by atoms with E-state index in [1.165, 1.54) is 11.3 Å². The number of aromatic nitrogens is 2. The maximum absolute atomic E-state index is 12.9. The van der Waals surface area contributed by atoms with Gasteiger partial charge in [0, 0.05) is 32.8 Å². The molecule has 7 heteroatoms. The van der Waals surface area contributed by atoms with Crippen molar-refractivity contribution in [3.8, 4) is 10.6 Å². The molecule has 1 saturated heterocycles. The average Bonchev–Trinajstić information content (AvgIpc) is 3.16. The third kappa shape index (κ3) is 3.01. The minimum Gasteiger partial charge on any atom is -0.339 e. The van der Waals surface area contributed by atoms with Crippen LogP contribution in [0.4, 0.5) is 0 Å². The molecular formula is C16H20N4O2S. The van der Waals surface area contributed by atoms with Gasteiger partial charge in [0.05, 0.1) is 21.0 Å². The van der Waals surface area contributed by atoms with Gasteiger partial charge in [0.25, 0.3) is 5.91 Å². The molecule has 3 heterocycles. The molecule has 0 aliphatic carbocycles. The Morgan fingerprint density at radius 1 is 1.26 bits per heavy atom. The molecule has 0 atom stereocenters. The van der Waals surface area contributed by atoms with Crippen molar-refractivity contribution in [3.63, 3.8) is 0 Å². The van der Waals surface area contributed by atoms with Gasteiger partial charge in [0.15, 0.2) is 0 Å². The predicted octanol–water partition coefficient (Wildman–Crippen LogP) is 2.22. The van der Waals surface area contributed by atoms with Crippen LogP contribution in [0.1, 0.15) is 30.4 Å². The van der Waals surface area contributed by atoms with Gasteiger partial charge >= 0.3 is 0 Å². The Kier molecular flexibility index (Phi) is 3.97. The van der Waals surface area contributed by atoms with Crippen LogP contribution in [0.25, 0.3) is 10.6 Å². The van der Waals surface area contributed by atoms with E-state index in [1.54, 1.807) is 18.0 Å². The molecule has 1 aliphatic rings.